The van der Waals surface area contributed by atoms with Gasteiger partial charge < -0.3 is 15.4 Å². The molecule has 1 rings (SSSR count). The summed E-state index contributed by atoms with van der Waals surface area (Å²) < 4.78 is 5.18. The number of ether oxygens (including phenoxy) is 1. The average molecular weight is 327 g/mol. The Morgan fingerprint density at radius 1 is 1.30 bits per heavy atom. The molecule has 23 heavy (non-hydrogen) atoms. The first-order chi connectivity index (χ1) is 10.7. The Morgan fingerprint density at radius 2 is 2.00 bits per heavy atom. The maximum atomic E-state index is 12.5. The average Bonchev–Trinajstić information content (AvgIpc) is 2.60. The van der Waals surface area contributed by atoms with Gasteiger partial charge in [-0.25, -0.2) is 9.59 Å². The number of hydrogen-bond acceptors (Lipinski definition) is 4. The van der Waals surface area contributed by atoms with Gasteiger partial charge in [0.1, 0.15) is 11.6 Å². The SMILES string of the molecule is CCCCNC(=O)N1CCCC[C@H](NC(=O)OC(C)(C)C)C1=O. The lowest BCUT2D eigenvalue weighted by Gasteiger charge is -2.25. The summed E-state index contributed by atoms with van der Waals surface area (Å²) in [7, 11) is 0. The molecule has 0 aromatic carbocycles. The second-order valence-electron chi connectivity index (χ2n) is 6.77. The van der Waals surface area contributed by atoms with Gasteiger partial charge in [0.25, 0.3) is 5.91 Å². The van der Waals surface area contributed by atoms with Crippen molar-refractivity contribution in [2.24, 2.45) is 0 Å². The Morgan fingerprint density at radius 3 is 2.61 bits per heavy atom. The second-order valence-corrected chi connectivity index (χ2v) is 6.77. The summed E-state index contributed by atoms with van der Waals surface area (Å²) in [5.74, 6) is -0.373. The molecule has 0 unspecified atom stereocenters. The third kappa shape index (κ3) is 6.88. The molecule has 0 saturated carbocycles. The smallest absolute Gasteiger partial charge is 0.408 e. The number of imide groups is 1. The van der Waals surface area contributed by atoms with Crippen LogP contribution in [0, 0.1) is 0 Å². The van der Waals surface area contributed by atoms with Crippen molar-refractivity contribution in [1.82, 2.24) is 15.5 Å². The summed E-state index contributed by atoms with van der Waals surface area (Å²) >= 11 is 0. The van der Waals surface area contributed by atoms with E-state index in [1.807, 2.05) is 6.92 Å². The highest BCUT2D eigenvalue weighted by Crippen LogP contribution is 2.14. The third-order valence-corrected chi connectivity index (χ3v) is 3.43. The fourth-order valence-electron chi connectivity index (χ4n) is 2.29. The van der Waals surface area contributed by atoms with Crippen molar-refractivity contribution < 1.29 is 19.1 Å². The van der Waals surface area contributed by atoms with Gasteiger partial charge in [-0.15, -0.1) is 0 Å². The minimum absolute atomic E-state index is 0.373. The van der Waals surface area contributed by atoms with Crippen LogP contribution < -0.4 is 10.6 Å². The van der Waals surface area contributed by atoms with E-state index in [2.05, 4.69) is 10.6 Å². The molecule has 132 valence electrons. The van der Waals surface area contributed by atoms with Crippen LogP contribution in [0.3, 0.4) is 0 Å². The summed E-state index contributed by atoms with van der Waals surface area (Å²) in [5.41, 5.74) is -0.630. The van der Waals surface area contributed by atoms with Crippen molar-refractivity contribution in [2.75, 3.05) is 13.1 Å². The standard InChI is InChI=1S/C16H29N3O4/c1-5-6-10-17-14(21)19-11-8-7-9-12(13(19)20)18-15(22)23-16(2,3)4/h12H,5-11H2,1-4H3,(H,17,21)(H,18,22)/t12-/m0/s1. The topological polar surface area (TPSA) is 87.7 Å². The van der Waals surface area contributed by atoms with Crippen molar-refractivity contribution >= 4 is 18.0 Å². The van der Waals surface area contributed by atoms with E-state index in [0.29, 0.717) is 19.5 Å². The molecular weight excluding hydrogens is 298 g/mol. The van der Waals surface area contributed by atoms with E-state index < -0.39 is 17.7 Å². The van der Waals surface area contributed by atoms with Crippen LogP contribution in [0.15, 0.2) is 0 Å². The molecule has 2 N–H and O–H groups in total. The van der Waals surface area contributed by atoms with E-state index in [9.17, 15) is 14.4 Å². The van der Waals surface area contributed by atoms with Crippen LogP contribution in [0.2, 0.25) is 0 Å². The van der Waals surface area contributed by atoms with E-state index in [0.717, 1.165) is 25.7 Å². The zero-order valence-electron chi connectivity index (χ0n) is 14.6. The fraction of sp³-hybridized carbons (Fsp3) is 0.812. The Kier molecular flexibility index (Phi) is 7.32. The van der Waals surface area contributed by atoms with Gasteiger partial charge in [0, 0.05) is 13.1 Å². The van der Waals surface area contributed by atoms with Crippen LogP contribution in [0.5, 0.6) is 0 Å². The molecule has 1 fully saturated rings. The summed E-state index contributed by atoms with van der Waals surface area (Å²) in [5, 5.41) is 5.33. The normalized spacial score (nSPS) is 19.0. The van der Waals surface area contributed by atoms with Crippen LogP contribution in [-0.2, 0) is 9.53 Å². The van der Waals surface area contributed by atoms with E-state index in [-0.39, 0.29) is 11.9 Å². The van der Waals surface area contributed by atoms with E-state index in [1.54, 1.807) is 20.8 Å². The maximum Gasteiger partial charge on any atom is 0.408 e. The zero-order chi connectivity index (χ0) is 17.5. The highest BCUT2D eigenvalue weighted by molar-refractivity contribution is 5.98. The van der Waals surface area contributed by atoms with Crippen molar-refractivity contribution in [3.63, 3.8) is 0 Å². The summed E-state index contributed by atoms with van der Waals surface area (Å²) in [6.07, 6.45) is 3.22. The molecule has 1 atom stereocenters. The molecule has 1 saturated heterocycles. The Bertz CT molecular complexity index is 432. The minimum atomic E-state index is -0.718. The van der Waals surface area contributed by atoms with Crippen LogP contribution in [0.4, 0.5) is 9.59 Å². The van der Waals surface area contributed by atoms with Gasteiger partial charge in [-0.2, -0.15) is 0 Å². The number of likely N-dealkylation sites (tertiary alicyclic amines) is 1. The number of unbranched alkanes of at least 4 members (excludes halogenated alkanes) is 1. The number of alkyl carbamates (subject to hydrolysis) is 1. The summed E-state index contributed by atoms with van der Waals surface area (Å²) in [6.45, 7) is 8.23. The zero-order valence-corrected chi connectivity index (χ0v) is 14.6. The summed E-state index contributed by atoms with van der Waals surface area (Å²) in [4.78, 5) is 37.7. The second kappa shape index (κ2) is 8.74. The van der Waals surface area contributed by atoms with Crippen LogP contribution >= 0.6 is 0 Å². The lowest BCUT2D eigenvalue weighted by molar-refractivity contribution is -0.130. The third-order valence-electron chi connectivity index (χ3n) is 3.43. The quantitative estimate of drug-likeness (QED) is 0.776. The van der Waals surface area contributed by atoms with Gasteiger partial charge in [-0.1, -0.05) is 13.3 Å². The lowest BCUT2D eigenvalue weighted by atomic mass is 10.1. The molecular formula is C16H29N3O4. The van der Waals surface area contributed by atoms with Gasteiger partial charge in [0.2, 0.25) is 0 Å². The Labute approximate surface area is 138 Å². The molecule has 0 aromatic heterocycles. The predicted octanol–water partition coefficient (Wildman–Crippen LogP) is 2.40. The van der Waals surface area contributed by atoms with Crippen molar-refractivity contribution in [1.29, 1.82) is 0 Å². The molecule has 4 amide bonds. The first-order valence-corrected chi connectivity index (χ1v) is 8.33. The van der Waals surface area contributed by atoms with Gasteiger partial charge in [0.15, 0.2) is 0 Å². The molecule has 7 heteroatoms. The molecule has 0 radical (unpaired) electrons. The number of rotatable bonds is 4. The highest BCUT2D eigenvalue weighted by atomic mass is 16.6. The first kappa shape index (κ1) is 19.3. The molecule has 0 bridgehead atoms. The number of nitrogens with one attached hydrogen (secondary N) is 2. The van der Waals surface area contributed by atoms with Crippen molar-refractivity contribution in [3.8, 4) is 0 Å². The number of hydrogen-bond donors (Lipinski definition) is 2. The van der Waals surface area contributed by atoms with E-state index >= 15 is 0 Å². The number of carbonyl (C=O) groups excluding carboxylic acids is 3. The molecule has 1 heterocycles. The largest absolute Gasteiger partial charge is 0.444 e. The molecule has 0 spiro atoms. The van der Waals surface area contributed by atoms with E-state index in [4.69, 9.17) is 4.74 Å². The van der Waals surface area contributed by atoms with Crippen molar-refractivity contribution in [2.45, 2.75) is 71.4 Å². The predicted molar refractivity (Wildman–Crippen MR) is 87.0 cm³/mol. The van der Waals surface area contributed by atoms with Crippen LogP contribution in [-0.4, -0.2) is 47.7 Å². The Hall–Kier alpha value is -1.79. The van der Waals surface area contributed by atoms with Crippen molar-refractivity contribution in [3.05, 3.63) is 0 Å². The number of amides is 4. The molecule has 1 aliphatic rings. The maximum absolute atomic E-state index is 12.5. The van der Waals surface area contributed by atoms with Gasteiger partial charge >= 0.3 is 12.1 Å². The van der Waals surface area contributed by atoms with E-state index in [1.165, 1.54) is 4.90 Å². The monoisotopic (exact) mass is 327 g/mol. The van der Waals surface area contributed by atoms with Gasteiger partial charge in [-0.3, -0.25) is 9.69 Å². The van der Waals surface area contributed by atoms with Gasteiger partial charge in [-0.05, 0) is 46.5 Å². The van der Waals surface area contributed by atoms with Crippen LogP contribution in [0.25, 0.3) is 0 Å². The first-order valence-electron chi connectivity index (χ1n) is 8.33. The molecule has 0 aromatic rings. The number of urea groups is 1. The summed E-state index contributed by atoms with van der Waals surface area (Å²) in [6, 6.07) is -1.11. The van der Waals surface area contributed by atoms with Crippen LogP contribution in [0.1, 0.15) is 59.8 Å². The Balaban J connectivity index is 2.64. The number of carbonyl (C=O) groups is 3. The minimum Gasteiger partial charge on any atom is -0.444 e. The lowest BCUT2D eigenvalue weighted by Crippen LogP contribution is -2.52. The highest BCUT2D eigenvalue weighted by Gasteiger charge is 2.32. The fourth-order valence-corrected chi connectivity index (χ4v) is 2.29. The molecule has 0 aliphatic carbocycles. The molecule has 1 aliphatic heterocycles. The van der Waals surface area contributed by atoms with Gasteiger partial charge in [0.05, 0.1) is 0 Å². The molecule has 7 nitrogen and oxygen atoms in total. The number of nitrogens with zero attached hydrogens (tertiary/aromatic N) is 1.